The van der Waals surface area contributed by atoms with Crippen molar-refractivity contribution in [2.45, 2.75) is 27.2 Å². The second-order valence-electron chi connectivity index (χ2n) is 6.99. The quantitative estimate of drug-likeness (QED) is 0.537. The van der Waals surface area contributed by atoms with Crippen LogP contribution in [0.2, 0.25) is 0 Å². The van der Waals surface area contributed by atoms with E-state index in [1.165, 1.54) is 15.7 Å². The Hall–Kier alpha value is -2.79. The first-order valence-electron chi connectivity index (χ1n) is 9.43. The molecule has 1 fully saturated rings. The maximum Gasteiger partial charge on any atom is 0.293 e. The molecule has 1 aliphatic heterocycles. The van der Waals surface area contributed by atoms with E-state index in [4.69, 9.17) is 0 Å². The summed E-state index contributed by atoms with van der Waals surface area (Å²) in [6.07, 6.45) is 2.62. The van der Waals surface area contributed by atoms with Gasteiger partial charge in [-0.1, -0.05) is 43.3 Å². The maximum atomic E-state index is 12.6. The topological polar surface area (TPSA) is 42.3 Å². The molecule has 28 heavy (non-hydrogen) atoms. The average Bonchev–Trinajstić information content (AvgIpc) is 3.11. The van der Waals surface area contributed by atoms with Crippen molar-refractivity contribution in [3.05, 3.63) is 70.4 Å². The van der Waals surface area contributed by atoms with E-state index in [-0.39, 0.29) is 11.1 Å². The van der Waals surface area contributed by atoms with Crippen LogP contribution in [0, 0.1) is 13.8 Å². The molecule has 3 aromatic rings. The molecule has 2 aromatic carbocycles. The fourth-order valence-corrected chi connectivity index (χ4v) is 4.62. The van der Waals surface area contributed by atoms with E-state index >= 15 is 0 Å². The maximum absolute atomic E-state index is 12.6. The SMILES string of the molecule is CCCN1C(=O)S/C(=C/c2cc(C)n(-c3cccc4ccccc34)c2C)C1=O. The Morgan fingerprint density at radius 2 is 1.79 bits per heavy atom. The van der Waals surface area contributed by atoms with Crippen LogP contribution in [-0.4, -0.2) is 27.2 Å². The molecule has 2 amide bonds. The molecular weight excluding hydrogens is 368 g/mol. The molecule has 4 rings (SSSR count). The largest absolute Gasteiger partial charge is 0.317 e. The highest BCUT2D eigenvalue weighted by atomic mass is 32.2. The summed E-state index contributed by atoms with van der Waals surface area (Å²) in [5, 5.41) is 2.19. The standard InChI is InChI=1S/C23H22N2O2S/c1-4-12-24-22(26)21(28-23(24)27)14-18-13-15(2)25(16(18)3)20-11-7-9-17-8-5-6-10-19(17)20/h5-11,13-14H,4,12H2,1-3H3/b21-14+. The Morgan fingerprint density at radius 3 is 2.57 bits per heavy atom. The number of fused-ring (bicyclic) bond motifs is 1. The lowest BCUT2D eigenvalue weighted by Crippen LogP contribution is -2.28. The number of hydrogen-bond acceptors (Lipinski definition) is 3. The number of amides is 2. The van der Waals surface area contributed by atoms with E-state index in [2.05, 4.69) is 54.8 Å². The summed E-state index contributed by atoms with van der Waals surface area (Å²) in [5.41, 5.74) is 4.23. The van der Waals surface area contributed by atoms with Gasteiger partial charge >= 0.3 is 0 Å². The highest BCUT2D eigenvalue weighted by molar-refractivity contribution is 8.18. The molecule has 0 bridgehead atoms. The van der Waals surface area contributed by atoms with Crippen molar-refractivity contribution in [2.24, 2.45) is 0 Å². The number of hydrogen-bond donors (Lipinski definition) is 0. The van der Waals surface area contributed by atoms with Gasteiger partial charge in [0.25, 0.3) is 11.1 Å². The van der Waals surface area contributed by atoms with Crippen LogP contribution in [0.3, 0.4) is 0 Å². The lowest BCUT2D eigenvalue weighted by molar-refractivity contribution is -0.122. The highest BCUT2D eigenvalue weighted by Crippen LogP contribution is 2.34. The second kappa shape index (κ2) is 7.32. The number of carbonyl (C=O) groups is 2. The summed E-state index contributed by atoms with van der Waals surface area (Å²) in [7, 11) is 0. The molecule has 0 radical (unpaired) electrons. The number of aromatic nitrogens is 1. The van der Waals surface area contributed by atoms with E-state index in [9.17, 15) is 9.59 Å². The second-order valence-corrected chi connectivity index (χ2v) is 7.99. The lowest BCUT2D eigenvalue weighted by atomic mass is 10.1. The first kappa shape index (κ1) is 18.6. The summed E-state index contributed by atoms with van der Waals surface area (Å²) >= 11 is 1.03. The summed E-state index contributed by atoms with van der Waals surface area (Å²) < 4.78 is 2.21. The van der Waals surface area contributed by atoms with Crippen LogP contribution in [0.1, 0.15) is 30.3 Å². The van der Waals surface area contributed by atoms with Gasteiger partial charge in [-0.15, -0.1) is 0 Å². The summed E-state index contributed by atoms with van der Waals surface area (Å²) in [4.78, 5) is 26.5. The van der Waals surface area contributed by atoms with Crippen LogP contribution >= 0.6 is 11.8 Å². The minimum absolute atomic E-state index is 0.180. The number of benzene rings is 2. The molecule has 1 saturated heterocycles. The van der Waals surface area contributed by atoms with E-state index < -0.39 is 0 Å². The third-order valence-electron chi connectivity index (χ3n) is 5.09. The molecule has 0 atom stereocenters. The molecule has 0 unspecified atom stereocenters. The molecule has 0 N–H and O–H groups in total. The Balaban J connectivity index is 1.79. The molecule has 2 heterocycles. The molecule has 0 aliphatic carbocycles. The minimum Gasteiger partial charge on any atom is -0.317 e. The molecule has 1 aromatic heterocycles. The van der Waals surface area contributed by atoms with Gasteiger partial charge < -0.3 is 4.57 Å². The van der Waals surface area contributed by atoms with Crippen molar-refractivity contribution in [3.63, 3.8) is 0 Å². The smallest absolute Gasteiger partial charge is 0.293 e. The first-order valence-corrected chi connectivity index (χ1v) is 10.3. The van der Waals surface area contributed by atoms with E-state index in [0.717, 1.165) is 40.8 Å². The summed E-state index contributed by atoms with van der Waals surface area (Å²) in [6, 6.07) is 16.7. The zero-order valence-corrected chi connectivity index (χ0v) is 17.0. The van der Waals surface area contributed by atoms with Crippen molar-refractivity contribution < 1.29 is 9.59 Å². The van der Waals surface area contributed by atoms with Crippen LogP contribution in [-0.2, 0) is 4.79 Å². The number of aryl methyl sites for hydroxylation is 1. The average molecular weight is 391 g/mol. The van der Waals surface area contributed by atoms with Crippen LogP contribution in [0.4, 0.5) is 4.79 Å². The normalized spacial score (nSPS) is 16.0. The van der Waals surface area contributed by atoms with Gasteiger partial charge in [-0.05, 0) is 61.2 Å². The van der Waals surface area contributed by atoms with Gasteiger partial charge in [-0.25, -0.2) is 0 Å². The van der Waals surface area contributed by atoms with Crippen LogP contribution in [0.5, 0.6) is 0 Å². The number of rotatable bonds is 4. The zero-order valence-electron chi connectivity index (χ0n) is 16.2. The van der Waals surface area contributed by atoms with Crippen molar-refractivity contribution >= 4 is 39.8 Å². The number of nitrogens with zero attached hydrogens (tertiary/aromatic N) is 2. The fraction of sp³-hybridized carbons (Fsp3) is 0.217. The van der Waals surface area contributed by atoms with Gasteiger partial charge in [0.05, 0.1) is 10.6 Å². The van der Waals surface area contributed by atoms with Crippen molar-refractivity contribution in [1.29, 1.82) is 0 Å². The van der Waals surface area contributed by atoms with Crippen molar-refractivity contribution in [1.82, 2.24) is 9.47 Å². The van der Waals surface area contributed by atoms with Gasteiger partial charge in [0.1, 0.15) is 0 Å². The van der Waals surface area contributed by atoms with Crippen LogP contribution in [0.25, 0.3) is 22.5 Å². The highest BCUT2D eigenvalue weighted by Gasteiger charge is 2.34. The summed E-state index contributed by atoms with van der Waals surface area (Å²) in [6.45, 7) is 6.55. The first-order chi connectivity index (χ1) is 13.5. The lowest BCUT2D eigenvalue weighted by Gasteiger charge is -2.13. The molecule has 0 spiro atoms. The molecule has 1 aliphatic rings. The summed E-state index contributed by atoms with van der Waals surface area (Å²) in [5.74, 6) is -0.188. The van der Waals surface area contributed by atoms with Crippen LogP contribution in [0.15, 0.2) is 53.4 Å². The monoisotopic (exact) mass is 390 g/mol. The Morgan fingerprint density at radius 1 is 1.04 bits per heavy atom. The Labute approximate surface area is 168 Å². The van der Waals surface area contributed by atoms with E-state index in [1.54, 1.807) is 0 Å². The Bertz CT molecular complexity index is 1120. The van der Waals surface area contributed by atoms with Gasteiger partial charge in [-0.2, -0.15) is 0 Å². The van der Waals surface area contributed by atoms with E-state index in [0.29, 0.717) is 11.4 Å². The van der Waals surface area contributed by atoms with Crippen molar-refractivity contribution in [3.8, 4) is 5.69 Å². The molecule has 0 saturated carbocycles. The minimum atomic E-state index is -0.188. The van der Waals surface area contributed by atoms with E-state index in [1.807, 2.05) is 25.1 Å². The fourth-order valence-electron chi connectivity index (χ4n) is 3.77. The molecule has 4 nitrogen and oxygen atoms in total. The van der Waals surface area contributed by atoms with Crippen LogP contribution < -0.4 is 0 Å². The third kappa shape index (κ3) is 3.06. The predicted molar refractivity (Wildman–Crippen MR) is 116 cm³/mol. The van der Waals surface area contributed by atoms with Gasteiger partial charge in [0, 0.05) is 23.3 Å². The zero-order chi connectivity index (χ0) is 19.8. The number of imide groups is 1. The molecule has 5 heteroatoms. The number of carbonyl (C=O) groups excluding carboxylic acids is 2. The van der Waals surface area contributed by atoms with Gasteiger partial charge in [-0.3, -0.25) is 14.5 Å². The van der Waals surface area contributed by atoms with Crippen molar-refractivity contribution in [2.75, 3.05) is 6.54 Å². The predicted octanol–water partition coefficient (Wildman–Crippen LogP) is 5.69. The molecular formula is C23H22N2O2S. The number of thioether (sulfide) groups is 1. The molecule has 142 valence electrons. The van der Waals surface area contributed by atoms with Gasteiger partial charge in [0.15, 0.2) is 0 Å². The Kier molecular flexibility index (Phi) is 4.85. The van der Waals surface area contributed by atoms with Gasteiger partial charge in [0.2, 0.25) is 0 Å². The third-order valence-corrected chi connectivity index (χ3v) is 5.99.